The number of pyridine rings is 1. The number of nitrogens with zero attached hydrogens (tertiary/aromatic N) is 5. The van der Waals surface area contributed by atoms with Crippen molar-refractivity contribution in [2.75, 3.05) is 32.8 Å². The molecule has 6 rings (SSSR count). The Morgan fingerprint density at radius 1 is 0.927 bits per heavy atom. The topological polar surface area (TPSA) is 121 Å². The smallest absolute Gasteiger partial charge is 0.407 e. The van der Waals surface area contributed by atoms with Crippen molar-refractivity contribution >= 4 is 35.2 Å². The Morgan fingerprint density at radius 2 is 1.66 bits per heavy atom. The fourth-order valence-corrected chi connectivity index (χ4v) is 5.36. The standard InChI is InChI=1S/C31H31N5O5/c37-23-12-10-22(11-13-23)26-20-24(30(38)34-15-17-35(18-16-34)31(39)40)28-25(14-9-21-6-2-1-3-7-21)33-36(29(28)32-26)27-8-4-5-19-41-27/h1-3,6-7,9-14,20,27,37H,4-5,8,15-19H2,(H,39,40). The van der Waals surface area contributed by atoms with Gasteiger partial charge in [-0.1, -0.05) is 36.4 Å². The zero-order valence-corrected chi connectivity index (χ0v) is 22.5. The number of ether oxygens (including phenoxy) is 1. The molecule has 4 heterocycles. The van der Waals surface area contributed by atoms with E-state index in [1.54, 1.807) is 39.9 Å². The summed E-state index contributed by atoms with van der Waals surface area (Å²) in [5, 5.41) is 24.8. The number of carbonyl (C=O) groups excluding carboxylic acids is 1. The number of piperazine rings is 1. The summed E-state index contributed by atoms with van der Waals surface area (Å²) in [6, 6.07) is 18.3. The molecule has 2 fully saturated rings. The molecule has 2 saturated heterocycles. The molecular weight excluding hydrogens is 522 g/mol. The van der Waals surface area contributed by atoms with E-state index < -0.39 is 6.09 Å². The third kappa shape index (κ3) is 5.51. The van der Waals surface area contributed by atoms with E-state index in [2.05, 4.69) is 0 Å². The van der Waals surface area contributed by atoms with Crippen LogP contribution in [0, 0.1) is 0 Å². The van der Waals surface area contributed by atoms with Gasteiger partial charge in [0.1, 0.15) is 5.75 Å². The van der Waals surface area contributed by atoms with Crippen molar-refractivity contribution in [1.82, 2.24) is 24.6 Å². The average Bonchev–Trinajstić information content (AvgIpc) is 3.39. The van der Waals surface area contributed by atoms with Crippen LogP contribution in [0.1, 0.15) is 47.1 Å². The number of rotatable bonds is 5. The van der Waals surface area contributed by atoms with Crippen molar-refractivity contribution in [3.8, 4) is 17.0 Å². The molecule has 1 unspecified atom stereocenters. The van der Waals surface area contributed by atoms with E-state index in [4.69, 9.17) is 14.8 Å². The fourth-order valence-electron chi connectivity index (χ4n) is 5.36. The predicted molar refractivity (Wildman–Crippen MR) is 154 cm³/mol. The van der Waals surface area contributed by atoms with Gasteiger partial charge in [0.2, 0.25) is 0 Å². The van der Waals surface area contributed by atoms with E-state index in [-0.39, 0.29) is 31.0 Å². The zero-order valence-electron chi connectivity index (χ0n) is 22.5. The lowest BCUT2D eigenvalue weighted by atomic mass is 10.0. The summed E-state index contributed by atoms with van der Waals surface area (Å²) >= 11 is 0. The minimum absolute atomic E-state index is 0.136. The van der Waals surface area contributed by atoms with Gasteiger partial charge in [-0.15, -0.1) is 0 Å². The third-order valence-corrected chi connectivity index (χ3v) is 7.58. The summed E-state index contributed by atoms with van der Waals surface area (Å²) in [6.07, 6.45) is 5.33. The normalized spacial score (nSPS) is 17.8. The van der Waals surface area contributed by atoms with Gasteiger partial charge < -0.3 is 24.7 Å². The molecule has 210 valence electrons. The summed E-state index contributed by atoms with van der Waals surface area (Å²) in [4.78, 5) is 33.6. The summed E-state index contributed by atoms with van der Waals surface area (Å²) in [6.45, 7) is 1.70. The van der Waals surface area contributed by atoms with Crippen molar-refractivity contribution in [2.24, 2.45) is 0 Å². The van der Waals surface area contributed by atoms with Crippen LogP contribution >= 0.6 is 0 Å². The summed E-state index contributed by atoms with van der Waals surface area (Å²) in [7, 11) is 0. The monoisotopic (exact) mass is 553 g/mol. The highest BCUT2D eigenvalue weighted by atomic mass is 16.5. The van der Waals surface area contributed by atoms with Crippen molar-refractivity contribution in [2.45, 2.75) is 25.5 Å². The highest BCUT2D eigenvalue weighted by Gasteiger charge is 2.30. The maximum atomic E-state index is 14.1. The van der Waals surface area contributed by atoms with Crippen LogP contribution in [0.25, 0.3) is 34.4 Å². The second kappa shape index (κ2) is 11.4. The van der Waals surface area contributed by atoms with Crippen LogP contribution < -0.4 is 0 Å². The largest absolute Gasteiger partial charge is 0.508 e. The molecular formula is C31H31N5O5. The molecule has 2 N–H and O–H groups in total. The van der Waals surface area contributed by atoms with Gasteiger partial charge in [0.05, 0.1) is 22.3 Å². The quantitative estimate of drug-likeness (QED) is 0.352. The van der Waals surface area contributed by atoms with E-state index in [1.807, 2.05) is 42.5 Å². The van der Waals surface area contributed by atoms with Gasteiger partial charge in [0.15, 0.2) is 11.9 Å². The van der Waals surface area contributed by atoms with Gasteiger partial charge in [0.25, 0.3) is 5.91 Å². The van der Waals surface area contributed by atoms with Crippen molar-refractivity contribution in [1.29, 1.82) is 0 Å². The van der Waals surface area contributed by atoms with Crippen LogP contribution in [0.3, 0.4) is 0 Å². The lowest BCUT2D eigenvalue weighted by molar-refractivity contribution is -0.0370. The van der Waals surface area contributed by atoms with Crippen molar-refractivity contribution < 1.29 is 24.5 Å². The van der Waals surface area contributed by atoms with Gasteiger partial charge in [-0.3, -0.25) is 4.79 Å². The molecule has 1 atom stereocenters. The highest BCUT2D eigenvalue weighted by molar-refractivity contribution is 6.09. The number of carbonyl (C=O) groups is 2. The maximum Gasteiger partial charge on any atom is 0.407 e. The lowest BCUT2D eigenvalue weighted by Gasteiger charge is -2.33. The Labute approximate surface area is 237 Å². The molecule has 0 saturated carbocycles. The predicted octanol–water partition coefficient (Wildman–Crippen LogP) is 5.11. The second-order valence-corrected chi connectivity index (χ2v) is 10.3. The Bertz CT molecular complexity index is 1580. The van der Waals surface area contributed by atoms with Crippen LogP contribution in [0.2, 0.25) is 0 Å². The number of phenolic OH excluding ortho intramolecular Hbond substituents is 1. The van der Waals surface area contributed by atoms with Gasteiger partial charge in [-0.25, -0.2) is 14.5 Å². The van der Waals surface area contributed by atoms with Gasteiger partial charge in [-0.2, -0.15) is 5.10 Å². The molecule has 10 nitrogen and oxygen atoms in total. The highest BCUT2D eigenvalue weighted by Crippen LogP contribution is 2.34. The molecule has 2 aliphatic rings. The first-order chi connectivity index (χ1) is 20.0. The van der Waals surface area contributed by atoms with E-state index in [0.717, 1.165) is 30.4 Å². The summed E-state index contributed by atoms with van der Waals surface area (Å²) in [5.74, 6) is -0.0719. The third-order valence-electron chi connectivity index (χ3n) is 7.58. The second-order valence-electron chi connectivity index (χ2n) is 10.3. The molecule has 41 heavy (non-hydrogen) atoms. The van der Waals surface area contributed by atoms with E-state index in [1.165, 1.54) is 4.90 Å². The number of hydrogen-bond donors (Lipinski definition) is 2. The number of aromatic hydroxyl groups is 1. The Hall–Kier alpha value is -4.70. The first-order valence-corrected chi connectivity index (χ1v) is 13.8. The number of amides is 2. The number of benzene rings is 2. The Balaban J connectivity index is 1.51. The minimum Gasteiger partial charge on any atom is -0.508 e. The number of phenols is 1. The van der Waals surface area contributed by atoms with Gasteiger partial charge >= 0.3 is 6.09 Å². The van der Waals surface area contributed by atoms with E-state index in [0.29, 0.717) is 47.7 Å². The molecule has 2 amide bonds. The number of fused-ring (bicyclic) bond motifs is 1. The minimum atomic E-state index is -0.986. The van der Waals surface area contributed by atoms with Crippen LogP contribution in [-0.4, -0.2) is 79.6 Å². The SMILES string of the molecule is O=C(O)N1CCN(C(=O)c2cc(-c3ccc(O)cc3)nc3c2c(C=Cc2ccccc2)nn3C2CCCCO2)CC1. The maximum absolute atomic E-state index is 14.1. The summed E-state index contributed by atoms with van der Waals surface area (Å²) < 4.78 is 7.90. The zero-order chi connectivity index (χ0) is 28.3. The van der Waals surface area contributed by atoms with E-state index >= 15 is 0 Å². The molecule has 2 aliphatic heterocycles. The van der Waals surface area contributed by atoms with Gasteiger partial charge in [0, 0.05) is 38.3 Å². The molecule has 0 spiro atoms. The molecule has 0 aliphatic carbocycles. The number of hydrogen-bond acceptors (Lipinski definition) is 6. The first kappa shape index (κ1) is 26.5. The van der Waals surface area contributed by atoms with Crippen LogP contribution in [0.4, 0.5) is 4.79 Å². The molecule has 0 bridgehead atoms. The van der Waals surface area contributed by atoms with Crippen molar-refractivity contribution in [3.63, 3.8) is 0 Å². The summed E-state index contributed by atoms with van der Waals surface area (Å²) in [5.41, 5.74) is 3.90. The van der Waals surface area contributed by atoms with Crippen LogP contribution in [0.5, 0.6) is 5.75 Å². The number of carboxylic acid groups (broad SMARTS) is 1. The Morgan fingerprint density at radius 3 is 2.34 bits per heavy atom. The van der Waals surface area contributed by atoms with E-state index in [9.17, 15) is 19.8 Å². The van der Waals surface area contributed by atoms with Crippen LogP contribution in [-0.2, 0) is 4.74 Å². The lowest BCUT2D eigenvalue weighted by Crippen LogP contribution is -2.50. The molecule has 0 radical (unpaired) electrons. The fraction of sp³-hybridized carbons (Fsp3) is 0.290. The number of aromatic nitrogens is 3. The van der Waals surface area contributed by atoms with Crippen LogP contribution in [0.15, 0.2) is 60.7 Å². The van der Waals surface area contributed by atoms with Gasteiger partial charge in [-0.05, 0) is 61.2 Å². The molecule has 2 aromatic heterocycles. The average molecular weight is 554 g/mol. The first-order valence-electron chi connectivity index (χ1n) is 13.8. The molecule has 10 heteroatoms. The molecule has 2 aromatic carbocycles. The van der Waals surface area contributed by atoms with Crippen molar-refractivity contribution in [3.05, 3.63) is 77.5 Å². The molecule has 4 aromatic rings. The Kier molecular flexibility index (Phi) is 7.39.